The summed E-state index contributed by atoms with van der Waals surface area (Å²) in [6.45, 7) is 2.58. The van der Waals surface area contributed by atoms with E-state index in [1.54, 1.807) is 6.92 Å². The molecule has 1 amide bonds. The van der Waals surface area contributed by atoms with Crippen molar-refractivity contribution in [1.82, 2.24) is 5.06 Å². The summed E-state index contributed by atoms with van der Waals surface area (Å²) >= 11 is 0. The van der Waals surface area contributed by atoms with Crippen LogP contribution in [0.1, 0.15) is 45.4 Å². The number of rotatable bonds is 9. The van der Waals surface area contributed by atoms with Crippen molar-refractivity contribution in [2.24, 2.45) is 0 Å². The molecule has 0 radical (unpaired) electrons. The van der Waals surface area contributed by atoms with Crippen LogP contribution in [0.25, 0.3) is 0 Å². The van der Waals surface area contributed by atoms with Crippen molar-refractivity contribution in [1.29, 1.82) is 0 Å². The molecule has 6 nitrogen and oxygen atoms in total. The van der Waals surface area contributed by atoms with Gasteiger partial charge in [-0.25, -0.2) is 5.06 Å². The van der Waals surface area contributed by atoms with Gasteiger partial charge in [-0.2, -0.15) is 0 Å². The first-order valence-electron chi connectivity index (χ1n) is 6.90. The molecule has 1 atom stereocenters. The number of aliphatic hydroxyl groups excluding tert-OH is 1. The highest BCUT2D eigenvalue weighted by atomic mass is 16.7. The van der Waals surface area contributed by atoms with Gasteiger partial charge < -0.3 is 9.84 Å². The van der Waals surface area contributed by atoms with Crippen molar-refractivity contribution >= 4 is 11.9 Å². The number of esters is 1. The molecule has 0 aromatic carbocycles. The van der Waals surface area contributed by atoms with E-state index in [0.29, 0.717) is 32.5 Å². The number of hydrogen-bond acceptors (Lipinski definition) is 5. The molecule has 1 heterocycles. The van der Waals surface area contributed by atoms with Gasteiger partial charge in [0.15, 0.2) is 0 Å². The Morgan fingerprint density at radius 2 is 2.21 bits per heavy atom. The molecule has 0 saturated carbocycles. The number of amides is 1. The van der Waals surface area contributed by atoms with E-state index in [9.17, 15) is 9.59 Å². The van der Waals surface area contributed by atoms with E-state index >= 15 is 0 Å². The number of hydrogen-bond donors (Lipinski definition) is 1. The molecule has 1 saturated heterocycles. The van der Waals surface area contributed by atoms with Crippen molar-refractivity contribution in [3.63, 3.8) is 0 Å². The average Bonchev–Trinajstić information content (AvgIpc) is 2.75. The number of hydroxylamine groups is 2. The van der Waals surface area contributed by atoms with E-state index in [2.05, 4.69) is 0 Å². The van der Waals surface area contributed by atoms with Gasteiger partial charge in [-0.1, -0.05) is 6.42 Å². The molecule has 19 heavy (non-hydrogen) atoms. The topological polar surface area (TPSA) is 76.1 Å². The highest BCUT2D eigenvalue weighted by molar-refractivity contribution is 5.77. The van der Waals surface area contributed by atoms with E-state index in [-0.39, 0.29) is 24.5 Å². The molecule has 0 aromatic rings. The van der Waals surface area contributed by atoms with Crippen LogP contribution in [0.2, 0.25) is 0 Å². The third-order valence-electron chi connectivity index (χ3n) is 3.04. The Kier molecular flexibility index (Phi) is 7.43. The quantitative estimate of drug-likeness (QED) is 0.501. The van der Waals surface area contributed by atoms with E-state index in [1.807, 2.05) is 0 Å². The molecular weight excluding hydrogens is 250 g/mol. The first-order chi connectivity index (χ1) is 9.19. The maximum absolute atomic E-state index is 11.5. The van der Waals surface area contributed by atoms with E-state index in [1.165, 1.54) is 5.06 Å². The van der Waals surface area contributed by atoms with Crippen LogP contribution in [0.4, 0.5) is 0 Å². The average molecular weight is 273 g/mol. The summed E-state index contributed by atoms with van der Waals surface area (Å²) in [5.41, 5.74) is 0. The molecule has 110 valence electrons. The second-order valence-corrected chi connectivity index (χ2v) is 4.54. The zero-order valence-electron chi connectivity index (χ0n) is 11.5. The Morgan fingerprint density at radius 1 is 1.42 bits per heavy atom. The maximum Gasteiger partial charge on any atom is 0.305 e. The fourth-order valence-electron chi connectivity index (χ4n) is 2.01. The van der Waals surface area contributed by atoms with Crippen molar-refractivity contribution < 1.29 is 24.3 Å². The largest absolute Gasteiger partial charge is 0.466 e. The smallest absolute Gasteiger partial charge is 0.305 e. The first-order valence-corrected chi connectivity index (χ1v) is 6.90. The minimum atomic E-state index is -0.202. The molecule has 1 aliphatic rings. The van der Waals surface area contributed by atoms with Gasteiger partial charge in [-0.3, -0.25) is 14.4 Å². The summed E-state index contributed by atoms with van der Waals surface area (Å²) in [4.78, 5) is 27.9. The minimum Gasteiger partial charge on any atom is -0.466 e. The number of unbranched alkanes of at least 4 members (excludes halogenated alkanes) is 2. The highest BCUT2D eigenvalue weighted by Gasteiger charge is 2.31. The monoisotopic (exact) mass is 273 g/mol. The Hall–Kier alpha value is -1.14. The molecule has 0 aliphatic carbocycles. The third-order valence-corrected chi connectivity index (χ3v) is 3.04. The van der Waals surface area contributed by atoms with E-state index in [4.69, 9.17) is 14.7 Å². The van der Waals surface area contributed by atoms with Crippen molar-refractivity contribution in [2.75, 3.05) is 19.8 Å². The number of ether oxygens (including phenoxy) is 1. The van der Waals surface area contributed by atoms with Crippen LogP contribution in [0.15, 0.2) is 0 Å². The third kappa shape index (κ3) is 5.57. The molecule has 6 heteroatoms. The van der Waals surface area contributed by atoms with Crippen molar-refractivity contribution in [3.8, 4) is 0 Å². The molecule has 0 bridgehead atoms. The van der Waals surface area contributed by atoms with Gasteiger partial charge in [-0.15, -0.1) is 0 Å². The summed E-state index contributed by atoms with van der Waals surface area (Å²) in [7, 11) is 0. The van der Waals surface area contributed by atoms with E-state index in [0.717, 1.165) is 19.3 Å². The summed E-state index contributed by atoms with van der Waals surface area (Å²) < 4.78 is 4.82. The van der Waals surface area contributed by atoms with Gasteiger partial charge in [0.1, 0.15) is 0 Å². The van der Waals surface area contributed by atoms with Crippen LogP contribution in [0, 0.1) is 0 Å². The molecule has 1 aliphatic heterocycles. The highest BCUT2D eigenvalue weighted by Crippen LogP contribution is 2.18. The molecular formula is C13H23NO5. The normalized spacial score (nSPS) is 18.9. The molecule has 1 rings (SSSR count). The lowest BCUT2D eigenvalue weighted by Crippen LogP contribution is -2.35. The van der Waals surface area contributed by atoms with Crippen LogP contribution in [-0.4, -0.2) is 47.9 Å². The number of carbonyl (C=O) groups excluding carboxylic acids is 2. The Balaban J connectivity index is 2.04. The summed E-state index contributed by atoms with van der Waals surface area (Å²) in [5, 5.41) is 10.4. The minimum absolute atomic E-state index is 0.0609. The predicted molar refractivity (Wildman–Crippen MR) is 68.0 cm³/mol. The zero-order valence-corrected chi connectivity index (χ0v) is 11.5. The van der Waals surface area contributed by atoms with Crippen LogP contribution >= 0.6 is 0 Å². The lowest BCUT2D eigenvalue weighted by Gasteiger charge is -2.21. The summed E-state index contributed by atoms with van der Waals surface area (Å²) in [5.74, 6) is -0.232. The Bertz CT molecular complexity index is 295. The fraction of sp³-hybridized carbons (Fsp3) is 0.846. The van der Waals surface area contributed by atoms with Crippen LogP contribution in [0.5, 0.6) is 0 Å². The molecule has 0 aromatic heterocycles. The molecule has 1 fully saturated rings. The Labute approximate surface area is 113 Å². The lowest BCUT2D eigenvalue weighted by atomic mass is 10.2. The fourth-order valence-corrected chi connectivity index (χ4v) is 2.01. The van der Waals surface area contributed by atoms with Crippen LogP contribution in [-0.2, 0) is 19.2 Å². The molecule has 0 spiro atoms. The Morgan fingerprint density at radius 3 is 2.89 bits per heavy atom. The second-order valence-electron chi connectivity index (χ2n) is 4.54. The summed E-state index contributed by atoms with van der Waals surface area (Å²) in [6.07, 6.45) is 3.91. The number of aliphatic hydroxyl groups is 1. The van der Waals surface area contributed by atoms with Gasteiger partial charge in [0.05, 0.1) is 25.9 Å². The zero-order chi connectivity index (χ0) is 14.1. The van der Waals surface area contributed by atoms with Gasteiger partial charge in [-0.05, 0) is 26.2 Å². The number of carbonyl (C=O) groups is 2. The van der Waals surface area contributed by atoms with Gasteiger partial charge in [0, 0.05) is 12.8 Å². The SMILES string of the molecule is CCOC(=O)CCCCCON1C(=O)CCC1CO. The predicted octanol–water partition coefficient (Wildman–Crippen LogP) is 1.02. The van der Waals surface area contributed by atoms with Gasteiger partial charge >= 0.3 is 5.97 Å². The summed E-state index contributed by atoms with van der Waals surface area (Å²) in [6, 6.07) is -0.202. The second kappa shape index (κ2) is 8.87. The number of nitrogens with zero attached hydrogens (tertiary/aromatic N) is 1. The van der Waals surface area contributed by atoms with Crippen LogP contribution in [0.3, 0.4) is 0 Å². The van der Waals surface area contributed by atoms with Gasteiger partial charge in [0.2, 0.25) is 5.91 Å². The van der Waals surface area contributed by atoms with Crippen LogP contribution < -0.4 is 0 Å². The first kappa shape index (κ1) is 15.9. The molecule has 1 unspecified atom stereocenters. The van der Waals surface area contributed by atoms with Crippen molar-refractivity contribution in [3.05, 3.63) is 0 Å². The maximum atomic E-state index is 11.5. The standard InChI is InChI=1S/C13H23NO5/c1-2-18-13(17)6-4-3-5-9-19-14-11(10-15)7-8-12(14)16/h11,15H,2-10H2,1H3. The lowest BCUT2D eigenvalue weighted by molar-refractivity contribution is -0.193. The van der Waals surface area contributed by atoms with Gasteiger partial charge in [0.25, 0.3) is 0 Å². The van der Waals surface area contributed by atoms with E-state index < -0.39 is 0 Å². The molecule has 1 N–H and O–H groups in total. The van der Waals surface area contributed by atoms with Crippen molar-refractivity contribution in [2.45, 2.75) is 51.5 Å².